The molecule has 10 heteroatoms. The van der Waals surface area contributed by atoms with Crippen LogP contribution in [0.1, 0.15) is 30.3 Å². The van der Waals surface area contributed by atoms with Gasteiger partial charge in [0.25, 0.3) is 0 Å². The van der Waals surface area contributed by atoms with Crippen molar-refractivity contribution in [1.29, 1.82) is 0 Å². The maximum atomic E-state index is 15.0. The Bertz CT molecular complexity index is 1370. The van der Waals surface area contributed by atoms with E-state index in [9.17, 15) is 8.78 Å². The quantitative estimate of drug-likeness (QED) is 0.431. The Hall–Kier alpha value is -3.66. The third-order valence-electron chi connectivity index (χ3n) is 6.29. The van der Waals surface area contributed by atoms with Crippen molar-refractivity contribution >= 4 is 16.7 Å². The minimum absolute atomic E-state index is 0.197. The van der Waals surface area contributed by atoms with Gasteiger partial charge in [-0.25, -0.2) is 13.5 Å². The van der Waals surface area contributed by atoms with Crippen molar-refractivity contribution in [1.82, 2.24) is 30.3 Å². The van der Waals surface area contributed by atoms with Crippen LogP contribution in [-0.4, -0.2) is 50.7 Å². The fourth-order valence-electron chi connectivity index (χ4n) is 4.61. The highest BCUT2D eigenvalue weighted by molar-refractivity contribution is 5.92. The summed E-state index contributed by atoms with van der Waals surface area (Å²) >= 11 is 0. The first-order valence-corrected chi connectivity index (χ1v) is 11.7. The van der Waals surface area contributed by atoms with Gasteiger partial charge in [-0.05, 0) is 51.0 Å². The Morgan fingerprint density at radius 3 is 2.77 bits per heavy atom. The van der Waals surface area contributed by atoms with Crippen molar-refractivity contribution in [2.24, 2.45) is 0 Å². The van der Waals surface area contributed by atoms with Crippen LogP contribution >= 0.6 is 0 Å². The minimum atomic E-state index is -0.413. The van der Waals surface area contributed by atoms with Crippen LogP contribution in [0.25, 0.3) is 16.6 Å². The molecule has 1 atom stereocenters. The van der Waals surface area contributed by atoms with Crippen LogP contribution in [0.5, 0.6) is 5.75 Å². The van der Waals surface area contributed by atoms with E-state index in [0.717, 1.165) is 35.3 Å². The van der Waals surface area contributed by atoms with Gasteiger partial charge in [-0.1, -0.05) is 0 Å². The number of rotatable bonds is 7. The molecule has 0 unspecified atom stereocenters. The zero-order valence-corrected chi connectivity index (χ0v) is 19.9. The highest BCUT2D eigenvalue weighted by Gasteiger charge is 2.28. The second-order valence-electron chi connectivity index (χ2n) is 8.70. The molecular formula is C25H27F2N7O. The van der Waals surface area contributed by atoms with Gasteiger partial charge in [0.15, 0.2) is 11.6 Å². The molecule has 0 radical (unpaired) electrons. The maximum Gasteiger partial charge on any atom is 0.179 e. The molecule has 8 nitrogen and oxygen atoms in total. The van der Waals surface area contributed by atoms with Crippen LogP contribution < -0.4 is 15.0 Å². The van der Waals surface area contributed by atoms with E-state index in [2.05, 4.69) is 25.4 Å². The number of nitrogens with one attached hydrogen (secondary N) is 1. The van der Waals surface area contributed by atoms with Crippen molar-refractivity contribution in [3.05, 3.63) is 65.2 Å². The fraction of sp³-hybridized carbons (Fsp3) is 0.360. The second-order valence-corrected chi connectivity index (χ2v) is 8.70. The first-order valence-electron chi connectivity index (χ1n) is 11.7. The largest absolute Gasteiger partial charge is 0.494 e. The van der Waals surface area contributed by atoms with Crippen LogP contribution in [0.15, 0.2) is 36.7 Å². The summed E-state index contributed by atoms with van der Waals surface area (Å²) in [4.78, 5) is 6.04. The highest BCUT2D eigenvalue weighted by Crippen LogP contribution is 2.32. The Balaban J connectivity index is 1.41. The second kappa shape index (κ2) is 9.53. The molecule has 1 saturated heterocycles. The molecule has 1 aliphatic heterocycles. The molecule has 0 spiro atoms. The number of benzene rings is 1. The molecule has 1 aliphatic rings. The number of ether oxygens (including phenoxy) is 1. The summed E-state index contributed by atoms with van der Waals surface area (Å²) in [6, 6.07) is 6.47. The number of hydrogen-bond donors (Lipinski definition) is 1. The van der Waals surface area contributed by atoms with Gasteiger partial charge in [0.2, 0.25) is 0 Å². The van der Waals surface area contributed by atoms with Gasteiger partial charge in [0.05, 0.1) is 29.6 Å². The molecule has 1 N–H and O–H groups in total. The van der Waals surface area contributed by atoms with Gasteiger partial charge in [0, 0.05) is 37.9 Å². The molecule has 4 aromatic rings. The molecule has 3 aromatic heterocycles. The first-order chi connectivity index (χ1) is 16.9. The molecule has 1 aromatic carbocycles. The van der Waals surface area contributed by atoms with E-state index in [1.807, 2.05) is 20.8 Å². The molecule has 0 bridgehead atoms. The van der Waals surface area contributed by atoms with Crippen LogP contribution in [0, 0.1) is 25.5 Å². The Morgan fingerprint density at radius 2 is 2.00 bits per heavy atom. The van der Waals surface area contributed by atoms with E-state index < -0.39 is 5.82 Å². The fourth-order valence-corrected chi connectivity index (χ4v) is 4.61. The number of anilines is 1. The monoisotopic (exact) mass is 479 g/mol. The third kappa shape index (κ3) is 4.53. The van der Waals surface area contributed by atoms with E-state index in [0.29, 0.717) is 42.5 Å². The highest BCUT2D eigenvalue weighted by atomic mass is 19.1. The van der Waals surface area contributed by atoms with Crippen molar-refractivity contribution in [3.63, 3.8) is 0 Å². The molecule has 0 amide bonds. The van der Waals surface area contributed by atoms with Gasteiger partial charge in [-0.15, -0.1) is 5.10 Å². The number of halogens is 2. The van der Waals surface area contributed by atoms with Crippen molar-refractivity contribution in [2.75, 3.05) is 24.6 Å². The lowest BCUT2D eigenvalue weighted by Gasteiger charge is -2.18. The Labute approximate surface area is 201 Å². The molecule has 35 heavy (non-hydrogen) atoms. The first kappa shape index (κ1) is 23.1. The smallest absolute Gasteiger partial charge is 0.179 e. The summed E-state index contributed by atoms with van der Waals surface area (Å²) in [7, 11) is 0. The van der Waals surface area contributed by atoms with Gasteiger partial charge in [-0.2, -0.15) is 10.2 Å². The van der Waals surface area contributed by atoms with Crippen molar-refractivity contribution in [3.8, 4) is 11.4 Å². The van der Waals surface area contributed by atoms with Gasteiger partial charge in [-0.3, -0.25) is 4.98 Å². The van der Waals surface area contributed by atoms with Crippen molar-refractivity contribution < 1.29 is 13.5 Å². The van der Waals surface area contributed by atoms with Gasteiger partial charge < -0.3 is 15.0 Å². The summed E-state index contributed by atoms with van der Waals surface area (Å²) in [5.74, 6) is 0.400. The van der Waals surface area contributed by atoms with Gasteiger partial charge in [0.1, 0.15) is 22.8 Å². The SMILES string of the molecule is CCOc1ccc(-n2nc3c(N4CC[C@H](NCc5cncc(F)c5)C4)nnc(C)c3c2C)c(F)c1. The Morgan fingerprint density at radius 1 is 1.14 bits per heavy atom. The lowest BCUT2D eigenvalue weighted by molar-refractivity contribution is 0.338. The number of pyridine rings is 1. The zero-order valence-electron chi connectivity index (χ0n) is 19.9. The minimum Gasteiger partial charge on any atom is -0.494 e. The zero-order chi connectivity index (χ0) is 24.5. The predicted molar refractivity (Wildman–Crippen MR) is 129 cm³/mol. The number of aromatic nitrogens is 5. The van der Waals surface area contributed by atoms with E-state index >= 15 is 0 Å². The summed E-state index contributed by atoms with van der Waals surface area (Å²) < 4.78 is 35.4. The molecule has 4 heterocycles. The molecule has 0 saturated carbocycles. The molecule has 1 fully saturated rings. The number of aryl methyl sites for hydroxylation is 2. The average molecular weight is 480 g/mol. The third-order valence-corrected chi connectivity index (χ3v) is 6.29. The summed E-state index contributed by atoms with van der Waals surface area (Å²) in [6.45, 7) is 8.13. The van der Waals surface area contributed by atoms with E-state index in [-0.39, 0.29) is 11.9 Å². The normalized spacial score (nSPS) is 15.8. The lowest BCUT2D eigenvalue weighted by Crippen LogP contribution is -2.32. The predicted octanol–water partition coefficient (Wildman–Crippen LogP) is 3.87. The maximum absolute atomic E-state index is 15.0. The van der Waals surface area contributed by atoms with E-state index in [1.165, 1.54) is 18.3 Å². The standard InChI is InChI=1S/C25H27F2N7O/c1-4-35-20-5-6-22(21(27)10-20)34-16(3)23-15(2)30-31-25(24(23)32-34)33-8-7-19(14-33)29-12-17-9-18(26)13-28-11-17/h5-6,9-11,13,19,29H,4,7-8,12,14H2,1-3H3/t19-/m0/s1. The molecule has 5 rings (SSSR count). The van der Waals surface area contributed by atoms with E-state index in [1.54, 1.807) is 23.0 Å². The number of fused-ring (bicyclic) bond motifs is 1. The summed E-state index contributed by atoms with van der Waals surface area (Å²) in [6.07, 6.45) is 3.75. The van der Waals surface area contributed by atoms with Crippen LogP contribution in [0.2, 0.25) is 0 Å². The van der Waals surface area contributed by atoms with Crippen LogP contribution in [-0.2, 0) is 6.54 Å². The Kier molecular flexibility index (Phi) is 6.29. The lowest BCUT2D eigenvalue weighted by atomic mass is 10.2. The average Bonchev–Trinajstić information content (AvgIpc) is 3.44. The number of hydrogen-bond acceptors (Lipinski definition) is 7. The summed E-state index contributed by atoms with van der Waals surface area (Å²) in [5, 5.41) is 17.9. The summed E-state index contributed by atoms with van der Waals surface area (Å²) in [5.41, 5.74) is 3.37. The number of nitrogens with zero attached hydrogens (tertiary/aromatic N) is 6. The van der Waals surface area contributed by atoms with Crippen LogP contribution in [0.3, 0.4) is 0 Å². The van der Waals surface area contributed by atoms with Crippen molar-refractivity contribution in [2.45, 2.75) is 39.8 Å². The van der Waals surface area contributed by atoms with Gasteiger partial charge >= 0.3 is 0 Å². The molecule has 0 aliphatic carbocycles. The topological polar surface area (TPSA) is 81.0 Å². The van der Waals surface area contributed by atoms with E-state index in [4.69, 9.17) is 9.84 Å². The molecular weight excluding hydrogens is 452 g/mol. The molecule has 182 valence electrons. The van der Waals surface area contributed by atoms with Crippen LogP contribution in [0.4, 0.5) is 14.6 Å².